The molecule has 0 amide bonds. The highest BCUT2D eigenvalue weighted by atomic mass is 35.5. The zero-order valence-electron chi connectivity index (χ0n) is 13.1. The molecule has 1 aliphatic heterocycles. The highest BCUT2D eigenvalue weighted by molar-refractivity contribution is 6.31. The van der Waals surface area contributed by atoms with E-state index in [0.717, 1.165) is 42.3 Å². The molecular formula is C16H26ClN3O. The van der Waals surface area contributed by atoms with E-state index in [9.17, 15) is 5.11 Å². The number of aliphatic hydroxyl groups excluding tert-OH is 1. The number of likely N-dealkylation sites (N-methyl/N-ethyl adjacent to an activating group) is 1. The van der Waals surface area contributed by atoms with E-state index in [-0.39, 0.29) is 6.10 Å². The van der Waals surface area contributed by atoms with Gasteiger partial charge in [-0.3, -0.25) is 0 Å². The number of hydrogen-bond acceptors (Lipinski definition) is 4. The second-order valence-corrected chi connectivity index (χ2v) is 6.42. The van der Waals surface area contributed by atoms with E-state index in [1.54, 1.807) is 0 Å². The van der Waals surface area contributed by atoms with Gasteiger partial charge in [-0.2, -0.15) is 0 Å². The number of anilines is 1. The van der Waals surface area contributed by atoms with E-state index in [1.807, 2.05) is 6.07 Å². The lowest BCUT2D eigenvalue weighted by molar-refractivity contribution is 0.191. The van der Waals surface area contributed by atoms with E-state index in [4.69, 9.17) is 11.6 Å². The second-order valence-electron chi connectivity index (χ2n) is 6.01. The molecule has 1 aromatic rings. The van der Waals surface area contributed by atoms with Gasteiger partial charge in [0.2, 0.25) is 0 Å². The summed E-state index contributed by atoms with van der Waals surface area (Å²) < 4.78 is 0. The van der Waals surface area contributed by atoms with Gasteiger partial charge in [0.05, 0.1) is 6.10 Å². The minimum absolute atomic E-state index is 0.254. The zero-order valence-corrected chi connectivity index (χ0v) is 13.9. The quantitative estimate of drug-likeness (QED) is 0.842. The van der Waals surface area contributed by atoms with Crippen LogP contribution in [0.5, 0.6) is 0 Å². The van der Waals surface area contributed by atoms with E-state index in [1.165, 1.54) is 0 Å². The highest BCUT2D eigenvalue weighted by Gasteiger charge is 2.31. The Morgan fingerprint density at radius 2 is 2.19 bits per heavy atom. The summed E-state index contributed by atoms with van der Waals surface area (Å²) in [6.07, 6.45) is 0.560. The molecule has 1 saturated heterocycles. The van der Waals surface area contributed by atoms with Crippen LogP contribution in [0.3, 0.4) is 0 Å². The largest absolute Gasteiger partial charge is 0.391 e. The van der Waals surface area contributed by atoms with Crippen LogP contribution < -0.4 is 10.2 Å². The molecule has 2 N–H and O–H groups in total. The Balaban J connectivity index is 2.14. The molecule has 0 spiro atoms. The molecule has 0 saturated carbocycles. The van der Waals surface area contributed by atoms with Crippen molar-refractivity contribution in [2.24, 2.45) is 0 Å². The van der Waals surface area contributed by atoms with Crippen molar-refractivity contribution in [3.63, 3.8) is 0 Å². The van der Waals surface area contributed by atoms with Gasteiger partial charge in [-0.05, 0) is 44.8 Å². The van der Waals surface area contributed by atoms with Gasteiger partial charge in [0.25, 0.3) is 0 Å². The van der Waals surface area contributed by atoms with Crippen LogP contribution in [-0.4, -0.2) is 55.9 Å². The molecule has 1 fully saturated rings. The molecule has 0 aliphatic carbocycles. The van der Waals surface area contributed by atoms with Gasteiger partial charge in [-0.15, -0.1) is 0 Å². The molecule has 0 radical (unpaired) electrons. The summed E-state index contributed by atoms with van der Waals surface area (Å²) in [6.45, 7) is 5.43. The van der Waals surface area contributed by atoms with Gasteiger partial charge in [-0.1, -0.05) is 24.6 Å². The summed E-state index contributed by atoms with van der Waals surface area (Å²) in [5, 5.41) is 14.1. The number of hydrogen-bond donors (Lipinski definition) is 2. The first-order valence-electron chi connectivity index (χ1n) is 7.59. The smallest absolute Gasteiger partial charge is 0.0735 e. The molecule has 21 heavy (non-hydrogen) atoms. The SMILES string of the molecule is CCNCc1ccc(N2CC(O)CC2CN(C)C)cc1Cl. The topological polar surface area (TPSA) is 38.7 Å². The summed E-state index contributed by atoms with van der Waals surface area (Å²) in [6, 6.07) is 6.55. The Morgan fingerprint density at radius 1 is 1.43 bits per heavy atom. The van der Waals surface area contributed by atoms with Crippen molar-refractivity contribution in [1.82, 2.24) is 10.2 Å². The maximum atomic E-state index is 9.98. The van der Waals surface area contributed by atoms with Crippen molar-refractivity contribution in [2.75, 3.05) is 38.6 Å². The van der Waals surface area contributed by atoms with E-state index in [2.05, 4.69) is 48.3 Å². The maximum absolute atomic E-state index is 9.98. The molecule has 1 aliphatic rings. The molecular weight excluding hydrogens is 286 g/mol. The third-order valence-corrected chi connectivity index (χ3v) is 4.25. The van der Waals surface area contributed by atoms with Crippen molar-refractivity contribution in [3.8, 4) is 0 Å². The van der Waals surface area contributed by atoms with E-state index < -0.39 is 0 Å². The lowest BCUT2D eigenvalue weighted by Gasteiger charge is -2.29. The van der Waals surface area contributed by atoms with Crippen molar-refractivity contribution in [1.29, 1.82) is 0 Å². The minimum atomic E-state index is -0.254. The van der Waals surface area contributed by atoms with Crippen molar-refractivity contribution < 1.29 is 5.11 Å². The fraction of sp³-hybridized carbons (Fsp3) is 0.625. The predicted molar refractivity (Wildman–Crippen MR) is 89.1 cm³/mol. The van der Waals surface area contributed by atoms with Crippen LogP contribution in [0, 0.1) is 0 Å². The average Bonchev–Trinajstić information content (AvgIpc) is 2.77. The fourth-order valence-corrected chi connectivity index (χ4v) is 3.16. The average molecular weight is 312 g/mol. The van der Waals surface area contributed by atoms with Gasteiger partial charge in [0, 0.05) is 36.4 Å². The summed E-state index contributed by atoms with van der Waals surface area (Å²) >= 11 is 6.39. The van der Waals surface area contributed by atoms with Crippen LogP contribution in [0.4, 0.5) is 5.69 Å². The van der Waals surface area contributed by atoms with Crippen LogP contribution in [0.25, 0.3) is 0 Å². The number of nitrogens with one attached hydrogen (secondary N) is 1. The van der Waals surface area contributed by atoms with Crippen molar-refractivity contribution >= 4 is 17.3 Å². The summed E-state index contributed by atoms with van der Waals surface area (Å²) in [4.78, 5) is 4.43. The number of aliphatic hydroxyl groups is 1. The van der Waals surface area contributed by atoms with Crippen LogP contribution >= 0.6 is 11.6 Å². The molecule has 4 nitrogen and oxygen atoms in total. The molecule has 0 aromatic heterocycles. The zero-order chi connectivity index (χ0) is 15.4. The number of benzene rings is 1. The van der Waals surface area contributed by atoms with Gasteiger partial charge in [0.1, 0.15) is 0 Å². The number of β-amino-alcohol motifs (C(OH)–C–C–N with tert-alkyl or cyclic N) is 1. The predicted octanol–water partition coefficient (Wildman–Crippen LogP) is 1.95. The molecule has 118 valence electrons. The van der Waals surface area contributed by atoms with Gasteiger partial charge in [-0.25, -0.2) is 0 Å². The monoisotopic (exact) mass is 311 g/mol. The van der Waals surface area contributed by atoms with Crippen LogP contribution in [-0.2, 0) is 6.54 Å². The number of halogens is 1. The third-order valence-electron chi connectivity index (χ3n) is 3.90. The Kier molecular flexibility index (Phi) is 5.88. The molecule has 2 unspecified atom stereocenters. The van der Waals surface area contributed by atoms with Gasteiger partial charge < -0.3 is 20.2 Å². The lowest BCUT2D eigenvalue weighted by Crippen LogP contribution is -2.37. The van der Waals surface area contributed by atoms with Gasteiger partial charge in [0.15, 0.2) is 0 Å². The maximum Gasteiger partial charge on any atom is 0.0735 e. The molecule has 1 aromatic carbocycles. The summed E-state index contributed by atoms with van der Waals surface area (Å²) in [5.41, 5.74) is 2.22. The number of rotatable bonds is 6. The summed E-state index contributed by atoms with van der Waals surface area (Å²) in [7, 11) is 4.13. The lowest BCUT2D eigenvalue weighted by atomic mass is 10.1. The molecule has 2 rings (SSSR count). The third kappa shape index (κ3) is 4.33. The Hall–Kier alpha value is -0.810. The first-order valence-corrected chi connectivity index (χ1v) is 7.97. The first-order chi connectivity index (χ1) is 10.0. The van der Waals surface area contributed by atoms with E-state index >= 15 is 0 Å². The van der Waals surface area contributed by atoms with Gasteiger partial charge >= 0.3 is 0 Å². The fourth-order valence-electron chi connectivity index (χ4n) is 2.92. The highest BCUT2D eigenvalue weighted by Crippen LogP contribution is 2.30. The van der Waals surface area contributed by atoms with Crippen molar-refractivity contribution in [2.45, 2.75) is 32.0 Å². The molecule has 0 bridgehead atoms. The van der Waals surface area contributed by atoms with Crippen molar-refractivity contribution in [3.05, 3.63) is 28.8 Å². The molecule has 2 atom stereocenters. The summed E-state index contributed by atoms with van der Waals surface area (Å²) in [5.74, 6) is 0. The molecule has 1 heterocycles. The van der Waals surface area contributed by atoms with Crippen LogP contribution in [0.2, 0.25) is 5.02 Å². The second kappa shape index (κ2) is 7.45. The van der Waals surface area contributed by atoms with Crippen LogP contribution in [0.1, 0.15) is 18.9 Å². The Bertz CT molecular complexity index is 467. The molecule has 5 heteroatoms. The Morgan fingerprint density at radius 3 is 2.81 bits per heavy atom. The standard InChI is InChI=1S/C16H26ClN3O/c1-4-18-9-12-5-6-13(8-16(12)17)20-11-15(21)7-14(20)10-19(2)3/h5-6,8,14-15,18,21H,4,7,9-11H2,1-3H3. The first kappa shape index (κ1) is 16.6. The Labute approximate surface area is 132 Å². The van der Waals surface area contributed by atoms with E-state index in [0.29, 0.717) is 12.6 Å². The van der Waals surface area contributed by atoms with Crippen LogP contribution in [0.15, 0.2) is 18.2 Å². The minimum Gasteiger partial charge on any atom is -0.391 e. The normalized spacial score (nSPS) is 22.3. The number of nitrogens with zero attached hydrogens (tertiary/aromatic N) is 2.